The van der Waals surface area contributed by atoms with Gasteiger partial charge in [0.15, 0.2) is 0 Å². The molecule has 0 spiro atoms. The molecule has 3 unspecified atom stereocenters. The second-order valence-electron chi connectivity index (χ2n) is 7.87. The molecular formula is C22H32N6O5. The lowest BCUT2D eigenvalue weighted by molar-refractivity contribution is -0.138. The standard InChI is InChI=1S/C22H32N6O5/c1-13(24)20(31)27-17(8-4-5-9-23)22(33)28-18(21(32)26-12-19(29)30)10-14-11-25-16-7-3-2-6-15(14)16/h2-3,6-7,11,13,17-18,25H,4-5,8-10,12,23-24H2,1H3,(H,26,32)(H,27,31)(H,28,33)(H,29,30). The van der Waals surface area contributed by atoms with Gasteiger partial charge in [-0.1, -0.05) is 18.2 Å². The smallest absolute Gasteiger partial charge is 0.322 e. The van der Waals surface area contributed by atoms with Crippen LogP contribution in [0.15, 0.2) is 30.5 Å². The van der Waals surface area contributed by atoms with Crippen LogP contribution in [0.2, 0.25) is 0 Å². The minimum absolute atomic E-state index is 0.123. The summed E-state index contributed by atoms with van der Waals surface area (Å²) >= 11 is 0. The molecule has 2 rings (SSSR count). The van der Waals surface area contributed by atoms with Gasteiger partial charge in [0.1, 0.15) is 18.6 Å². The molecule has 1 heterocycles. The number of amides is 3. The number of carboxylic acid groups (broad SMARTS) is 1. The van der Waals surface area contributed by atoms with Crippen molar-refractivity contribution in [2.24, 2.45) is 11.5 Å². The monoisotopic (exact) mass is 460 g/mol. The number of fused-ring (bicyclic) bond motifs is 1. The van der Waals surface area contributed by atoms with Crippen LogP contribution in [-0.4, -0.2) is 65.0 Å². The minimum atomic E-state index is -1.20. The fourth-order valence-electron chi connectivity index (χ4n) is 3.35. The zero-order chi connectivity index (χ0) is 24.4. The lowest BCUT2D eigenvalue weighted by Crippen LogP contribution is -2.56. The molecule has 0 fully saturated rings. The normalized spacial score (nSPS) is 13.7. The van der Waals surface area contributed by atoms with Gasteiger partial charge in [-0.2, -0.15) is 0 Å². The molecule has 2 aromatic rings. The maximum absolute atomic E-state index is 13.0. The summed E-state index contributed by atoms with van der Waals surface area (Å²) in [5.41, 5.74) is 12.8. The SMILES string of the molecule is CC(N)C(=O)NC(CCCCN)C(=O)NC(Cc1c[nH]c2ccccc12)C(=O)NCC(=O)O. The van der Waals surface area contributed by atoms with Crippen LogP contribution in [0.4, 0.5) is 0 Å². The molecule has 1 aromatic heterocycles. The van der Waals surface area contributed by atoms with Crippen molar-refractivity contribution in [2.75, 3.05) is 13.1 Å². The second-order valence-corrected chi connectivity index (χ2v) is 7.87. The van der Waals surface area contributed by atoms with Crippen molar-refractivity contribution in [3.05, 3.63) is 36.0 Å². The minimum Gasteiger partial charge on any atom is -0.480 e. The van der Waals surface area contributed by atoms with Crippen molar-refractivity contribution in [1.29, 1.82) is 0 Å². The molecule has 0 bridgehead atoms. The number of nitrogens with one attached hydrogen (secondary N) is 4. The van der Waals surface area contributed by atoms with Crippen molar-refractivity contribution in [3.63, 3.8) is 0 Å². The maximum atomic E-state index is 13.0. The van der Waals surface area contributed by atoms with Gasteiger partial charge in [0.05, 0.1) is 6.04 Å². The maximum Gasteiger partial charge on any atom is 0.322 e. The lowest BCUT2D eigenvalue weighted by atomic mass is 10.0. The summed E-state index contributed by atoms with van der Waals surface area (Å²) in [7, 11) is 0. The van der Waals surface area contributed by atoms with Crippen molar-refractivity contribution in [3.8, 4) is 0 Å². The van der Waals surface area contributed by atoms with Crippen molar-refractivity contribution >= 4 is 34.6 Å². The number of aromatic amines is 1. The van der Waals surface area contributed by atoms with Gasteiger partial charge in [0, 0.05) is 23.5 Å². The number of aliphatic carboxylic acids is 1. The first-order valence-corrected chi connectivity index (χ1v) is 10.8. The Hall–Kier alpha value is -3.44. The van der Waals surface area contributed by atoms with Crippen LogP contribution < -0.4 is 27.4 Å². The largest absolute Gasteiger partial charge is 0.480 e. The molecule has 0 saturated carbocycles. The van der Waals surface area contributed by atoms with Crippen molar-refractivity contribution < 1.29 is 24.3 Å². The van der Waals surface area contributed by atoms with E-state index in [0.29, 0.717) is 25.8 Å². The van der Waals surface area contributed by atoms with Gasteiger partial charge in [-0.15, -0.1) is 0 Å². The van der Waals surface area contributed by atoms with Crippen LogP contribution in [0.1, 0.15) is 31.7 Å². The Morgan fingerprint density at radius 2 is 1.73 bits per heavy atom. The van der Waals surface area contributed by atoms with E-state index >= 15 is 0 Å². The van der Waals surface area contributed by atoms with Crippen molar-refractivity contribution in [2.45, 2.75) is 50.7 Å². The number of hydrogen-bond donors (Lipinski definition) is 7. The van der Waals surface area contributed by atoms with Gasteiger partial charge in [0.2, 0.25) is 17.7 Å². The average Bonchev–Trinajstić information content (AvgIpc) is 3.19. The number of benzene rings is 1. The van der Waals surface area contributed by atoms with Gasteiger partial charge in [-0.25, -0.2) is 0 Å². The summed E-state index contributed by atoms with van der Waals surface area (Å²) < 4.78 is 0. The molecular weight excluding hydrogens is 428 g/mol. The zero-order valence-electron chi connectivity index (χ0n) is 18.6. The lowest BCUT2D eigenvalue weighted by Gasteiger charge is -2.23. The topological polar surface area (TPSA) is 192 Å². The fraction of sp³-hybridized carbons (Fsp3) is 0.455. The van der Waals surface area contributed by atoms with E-state index in [2.05, 4.69) is 20.9 Å². The van der Waals surface area contributed by atoms with Crippen LogP contribution in [0, 0.1) is 0 Å². The van der Waals surface area contributed by atoms with Crippen LogP contribution in [0.25, 0.3) is 10.9 Å². The number of hydrogen-bond acceptors (Lipinski definition) is 6. The highest BCUT2D eigenvalue weighted by Gasteiger charge is 2.28. The highest BCUT2D eigenvalue weighted by Crippen LogP contribution is 2.19. The number of carbonyl (C=O) groups is 4. The summed E-state index contributed by atoms with van der Waals surface area (Å²) in [5, 5.41) is 17.4. The Labute approximate surface area is 191 Å². The third-order valence-corrected chi connectivity index (χ3v) is 5.14. The highest BCUT2D eigenvalue weighted by molar-refractivity contribution is 5.94. The number of rotatable bonds is 13. The number of unbranched alkanes of at least 4 members (excludes halogenated alkanes) is 1. The van der Waals surface area contributed by atoms with E-state index in [1.165, 1.54) is 6.92 Å². The van der Waals surface area contributed by atoms with E-state index in [-0.39, 0.29) is 6.42 Å². The van der Waals surface area contributed by atoms with Crippen LogP contribution >= 0.6 is 0 Å². The van der Waals surface area contributed by atoms with Gasteiger partial charge in [-0.05, 0) is 44.4 Å². The van der Waals surface area contributed by atoms with Crippen LogP contribution in [0.3, 0.4) is 0 Å². The molecule has 0 aliphatic heterocycles. The van der Waals surface area contributed by atoms with Gasteiger partial charge in [0.25, 0.3) is 0 Å². The molecule has 11 nitrogen and oxygen atoms in total. The summed E-state index contributed by atoms with van der Waals surface area (Å²) in [5.74, 6) is -2.90. The highest BCUT2D eigenvalue weighted by atomic mass is 16.4. The second kappa shape index (κ2) is 12.6. The molecule has 0 saturated heterocycles. The predicted octanol–water partition coefficient (Wildman–Crippen LogP) is -0.643. The molecule has 0 aliphatic rings. The van der Waals surface area contributed by atoms with E-state index in [1.807, 2.05) is 24.3 Å². The third-order valence-electron chi connectivity index (χ3n) is 5.14. The molecule has 0 aliphatic carbocycles. The Kier molecular flexibility index (Phi) is 9.83. The summed E-state index contributed by atoms with van der Waals surface area (Å²) in [4.78, 5) is 51.9. The number of aromatic nitrogens is 1. The van der Waals surface area contributed by atoms with Crippen LogP contribution in [-0.2, 0) is 25.6 Å². The number of carbonyl (C=O) groups excluding carboxylic acids is 3. The zero-order valence-corrected chi connectivity index (χ0v) is 18.6. The molecule has 33 heavy (non-hydrogen) atoms. The Morgan fingerprint density at radius 3 is 2.39 bits per heavy atom. The van der Waals surface area contributed by atoms with Gasteiger partial charge < -0.3 is 37.5 Å². The number of H-pyrrole nitrogens is 1. The molecule has 11 heteroatoms. The molecule has 3 amide bonds. The number of carboxylic acids is 1. The fourth-order valence-corrected chi connectivity index (χ4v) is 3.35. The Bertz CT molecular complexity index is 973. The average molecular weight is 461 g/mol. The first-order valence-electron chi connectivity index (χ1n) is 10.8. The first-order chi connectivity index (χ1) is 15.7. The van der Waals surface area contributed by atoms with Crippen LogP contribution in [0.5, 0.6) is 0 Å². The molecule has 1 aromatic carbocycles. The molecule has 3 atom stereocenters. The van der Waals surface area contributed by atoms with Gasteiger partial charge in [-0.3, -0.25) is 19.2 Å². The van der Waals surface area contributed by atoms with E-state index in [1.54, 1.807) is 6.20 Å². The third kappa shape index (κ3) is 7.88. The Balaban J connectivity index is 2.22. The molecule has 9 N–H and O–H groups in total. The van der Waals surface area contributed by atoms with E-state index in [0.717, 1.165) is 16.5 Å². The summed E-state index contributed by atoms with van der Waals surface area (Å²) in [6, 6.07) is 4.72. The molecule has 0 radical (unpaired) electrons. The predicted molar refractivity (Wildman–Crippen MR) is 123 cm³/mol. The Morgan fingerprint density at radius 1 is 1.03 bits per heavy atom. The number of para-hydroxylation sites is 1. The first kappa shape index (κ1) is 25.8. The van der Waals surface area contributed by atoms with Gasteiger partial charge >= 0.3 is 5.97 Å². The van der Waals surface area contributed by atoms with Crippen molar-refractivity contribution in [1.82, 2.24) is 20.9 Å². The number of nitrogens with two attached hydrogens (primary N) is 2. The van der Waals surface area contributed by atoms with E-state index < -0.39 is 48.4 Å². The molecule has 180 valence electrons. The summed E-state index contributed by atoms with van der Waals surface area (Å²) in [6.45, 7) is 1.36. The quantitative estimate of drug-likeness (QED) is 0.193. The van der Waals surface area contributed by atoms with E-state index in [4.69, 9.17) is 16.6 Å². The summed E-state index contributed by atoms with van der Waals surface area (Å²) in [6.07, 6.45) is 3.43. The van der Waals surface area contributed by atoms with E-state index in [9.17, 15) is 19.2 Å².